The molecule has 0 saturated carbocycles. The van der Waals surface area contributed by atoms with Crippen molar-refractivity contribution in [1.82, 2.24) is 0 Å². The average molecular weight is 309 g/mol. The first-order valence-corrected chi connectivity index (χ1v) is 6.49. The maximum absolute atomic E-state index is 13.8. The minimum atomic E-state index is -0.430. The molecule has 0 saturated heterocycles. The molecule has 0 radical (unpaired) electrons. The maximum Gasteiger partial charge on any atom is 0.133 e. The molecule has 0 heterocycles. The first-order valence-electron chi connectivity index (χ1n) is 6.11. The molecular formula is C15H14ClFN2O2. The second-order valence-electron chi connectivity index (χ2n) is 4.27. The van der Waals surface area contributed by atoms with Crippen molar-refractivity contribution >= 4 is 17.4 Å². The number of nitrogen functional groups attached to an aromatic ring is 1. The van der Waals surface area contributed by atoms with Crippen LogP contribution < -0.4 is 15.2 Å². The topological polar surface area (TPSA) is 68.3 Å². The zero-order valence-electron chi connectivity index (χ0n) is 11.3. The van der Waals surface area contributed by atoms with Gasteiger partial charge in [0.05, 0.1) is 17.7 Å². The van der Waals surface area contributed by atoms with E-state index in [4.69, 9.17) is 32.2 Å². The van der Waals surface area contributed by atoms with Crippen LogP contribution in [-0.4, -0.2) is 12.9 Å². The van der Waals surface area contributed by atoms with E-state index < -0.39 is 5.82 Å². The molecule has 0 aromatic heterocycles. The lowest BCUT2D eigenvalue weighted by atomic mass is 10.1. The van der Waals surface area contributed by atoms with Gasteiger partial charge < -0.3 is 15.2 Å². The number of nitrogens with one attached hydrogen (secondary N) is 1. The predicted molar refractivity (Wildman–Crippen MR) is 79.8 cm³/mol. The second-order valence-corrected chi connectivity index (χ2v) is 4.68. The van der Waals surface area contributed by atoms with Crippen LogP contribution in [0.25, 0.3) is 0 Å². The summed E-state index contributed by atoms with van der Waals surface area (Å²) in [5, 5.41) is 7.83. The summed E-state index contributed by atoms with van der Waals surface area (Å²) in [5.41, 5.74) is 6.15. The van der Waals surface area contributed by atoms with Crippen molar-refractivity contribution in [2.24, 2.45) is 5.73 Å². The largest absolute Gasteiger partial charge is 0.497 e. The Balaban J connectivity index is 2.21. The molecular weight excluding hydrogens is 295 g/mol. The lowest BCUT2D eigenvalue weighted by Crippen LogP contribution is -2.14. The minimum Gasteiger partial charge on any atom is -0.497 e. The third kappa shape index (κ3) is 3.44. The van der Waals surface area contributed by atoms with Crippen molar-refractivity contribution in [1.29, 1.82) is 5.41 Å². The van der Waals surface area contributed by atoms with Crippen LogP contribution in [0.3, 0.4) is 0 Å². The van der Waals surface area contributed by atoms with E-state index in [0.29, 0.717) is 27.6 Å². The van der Waals surface area contributed by atoms with Gasteiger partial charge in [0.25, 0.3) is 0 Å². The van der Waals surface area contributed by atoms with E-state index in [9.17, 15) is 4.39 Å². The van der Waals surface area contributed by atoms with Gasteiger partial charge in [-0.2, -0.15) is 0 Å². The summed E-state index contributed by atoms with van der Waals surface area (Å²) >= 11 is 5.99. The van der Waals surface area contributed by atoms with Gasteiger partial charge >= 0.3 is 0 Å². The molecule has 0 aliphatic heterocycles. The van der Waals surface area contributed by atoms with Crippen molar-refractivity contribution in [2.45, 2.75) is 6.61 Å². The summed E-state index contributed by atoms with van der Waals surface area (Å²) in [7, 11) is 1.47. The van der Waals surface area contributed by atoms with Crippen molar-refractivity contribution in [3.8, 4) is 11.5 Å². The van der Waals surface area contributed by atoms with E-state index >= 15 is 0 Å². The van der Waals surface area contributed by atoms with Gasteiger partial charge in [0.15, 0.2) is 0 Å². The molecule has 0 unspecified atom stereocenters. The van der Waals surface area contributed by atoms with Crippen molar-refractivity contribution in [3.05, 3.63) is 58.4 Å². The number of hydrogen-bond acceptors (Lipinski definition) is 3. The number of amidine groups is 1. The van der Waals surface area contributed by atoms with Gasteiger partial charge in [-0.15, -0.1) is 0 Å². The van der Waals surface area contributed by atoms with E-state index in [1.54, 1.807) is 30.3 Å². The Kier molecular flexibility index (Phi) is 4.65. The van der Waals surface area contributed by atoms with Gasteiger partial charge in [-0.25, -0.2) is 4.39 Å². The Morgan fingerprint density at radius 2 is 2.10 bits per heavy atom. The molecule has 3 N–H and O–H groups in total. The molecule has 0 spiro atoms. The number of hydrogen-bond donors (Lipinski definition) is 2. The third-order valence-electron chi connectivity index (χ3n) is 2.89. The second kappa shape index (κ2) is 6.45. The molecule has 0 aliphatic carbocycles. The monoisotopic (exact) mass is 308 g/mol. The summed E-state index contributed by atoms with van der Waals surface area (Å²) in [4.78, 5) is 0. The zero-order valence-corrected chi connectivity index (χ0v) is 12.1. The van der Waals surface area contributed by atoms with Crippen molar-refractivity contribution in [3.63, 3.8) is 0 Å². The first kappa shape index (κ1) is 15.1. The van der Waals surface area contributed by atoms with Crippen LogP contribution in [0.1, 0.15) is 11.1 Å². The number of rotatable bonds is 5. The maximum atomic E-state index is 13.8. The molecule has 110 valence electrons. The number of methoxy groups -OCH3 is 1. The van der Waals surface area contributed by atoms with Crippen LogP contribution >= 0.6 is 11.6 Å². The molecule has 0 amide bonds. The molecule has 4 nitrogen and oxygen atoms in total. The molecule has 0 bridgehead atoms. The van der Waals surface area contributed by atoms with Crippen LogP contribution in [0.4, 0.5) is 4.39 Å². The third-order valence-corrected chi connectivity index (χ3v) is 3.20. The minimum absolute atomic E-state index is 0.00352. The zero-order chi connectivity index (χ0) is 15.4. The van der Waals surface area contributed by atoms with E-state index in [2.05, 4.69) is 0 Å². The Morgan fingerprint density at radius 3 is 2.71 bits per heavy atom. The molecule has 21 heavy (non-hydrogen) atoms. The number of benzene rings is 2. The van der Waals surface area contributed by atoms with Crippen LogP contribution in [0, 0.1) is 11.2 Å². The number of nitrogens with two attached hydrogens (primary N) is 1. The highest BCUT2D eigenvalue weighted by Crippen LogP contribution is 2.27. The summed E-state index contributed by atoms with van der Waals surface area (Å²) in [6.07, 6.45) is 0. The van der Waals surface area contributed by atoms with Crippen molar-refractivity contribution in [2.75, 3.05) is 7.11 Å². The van der Waals surface area contributed by atoms with Crippen LogP contribution in [0.15, 0.2) is 36.4 Å². The van der Waals surface area contributed by atoms with Gasteiger partial charge in [-0.3, -0.25) is 5.41 Å². The fraction of sp³-hybridized carbons (Fsp3) is 0.133. The number of halogens is 2. The molecule has 0 atom stereocenters. The average Bonchev–Trinajstić information content (AvgIpc) is 2.45. The summed E-state index contributed by atoms with van der Waals surface area (Å²) in [5.74, 6) is 0.139. The van der Waals surface area contributed by atoms with Gasteiger partial charge in [-0.05, 0) is 24.3 Å². The molecule has 2 aromatic rings. The lowest BCUT2D eigenvalue weighted by Gasteiger charge is -2.12. The summed E-state index contributed by atoms with van der Waals surface area (Å²) < 4.78 is 24.3. The Hall–Kier alpha value is -2.27. The molecule has 2 rings (SSSR count). The summed E-state index contributed by atoms with van der Waals surface area (Å²) in [6.45, 7) is -0.00352. The Bertz CT molecular complexity index is 677. The number of ether oxygens (including phenoxy) is 2. The molecule has 0 aliphatic rings. The van der Waals surface area contributed by atoms with Gasteiger partial charge in [0, 0.05) is 11.6 Å². The van der Waals surface area contributed by atoms with Gasteiger partial charge in [0.1, 0.15) is 29.8 Å². The van der Waals surface area contributed by atoms with Crippen LogP contribution in [0.2, 0.25) is 5.02 Å². The van der Waals surface area contributed by atoms with Gasteiger partial charge in [0.2, 0.25) is 0 Å². The van der Waals surface area contributed by atoms with Crippen LogP contribution in [-0.2, 0) is 6.61 Å². The highest BCUT2D eigenvalue weighted by molar-refractivity contribution is 6.34. The molecule has 2 aromatic carbocycles. The smallest absolute Gasteiger partial charge is 0.133 e. The van der Waals surface area contributed by atoms with E-state index in [1.807, 2.05) is 0 Å². The fourth-order valence-corrected chi connectivity index (χ4v) is 2.08. The standard InChI is InChI=1S/C15H14ClFN2O2/c1-20-10-6-5-9(12(17)7-10)8-21-13-4-2-3-11(16)14(13)15(18)19/h2-7H,8H2,1H3,(H3,18,19). The van der Waals surface area contributed by atoms with E-state index in [-0.39, 0.29) is 12.4 Å². The quantitative estimate of drug-likeness (QED) is 0.657. The van der Waals surface area contributed by atoms with E-state index in [1.165, 1.54) is 13.2 Å². The highest BCUT2D eigenvalue weighted by Gasteiger charge is 2.12. The van der Waals surface area contributed by atoms with Crippen LogP contribution in [0.5, 0.6) is 11.5 Å². The SMILES string of the molecule is COc1ccc(COc2cccc(Cl)c2C(=N)N)c(F)c1. The normalized spacial score (nSPS) is 10.2. The lowest BCUT2D eigenvalue weighted by molar-refractivity contribution is 0.298. The molecule has 0 fully saturated rings. The predicted octanol–water partition coefficient (Wildman–Crippen LogP) is 3.35. The fourth-order valence-electron chi connectivity index (χ4n) is 1.81. The Morgan fingerprint density at radius 1 is 1.33 bits per heavy atom. The van der Waals surface area contributed by atoms with Crippen molar-refractivity contribution < 1.29 is 13.9 Å². The summed E-state index contributed by atoms with van der Waals surface area (Å²) in [6, 6.07) is 9.41. The highest BCUT2D eigenvalue weighted by atomic mass is 35.5. The van der Waals surface area contributed by atoms with E-state index in [0.717, 1.165) is 0 Å². The molecule has 6 heteroatoms. The Labute approximate surface area is 126 Å². The first-order chi connectivity index (χ1) is 10.0. The van der Waals surface area contributed by atoms with Gasteiger partial charge in [-0.1, -0.05) is 17.7 Å².